The number of hydrogen-bond acceptors (Lipinski definition) is 3. The van der Waals surface area contributed by atoms with Crippen LogP contribution in [0.1, 0.15) is 31.2 Å². The summed E-state index contributed by atoms with van der Waals surface area (Å²) in [5.41, 5.74) is 0.944. The number of fused-ring (bicyclic) bond motifs is 1. The summed E-state index contributed by atoms with van der Waals surface area (Å²) in [5, 5.41) is 14.0. The molecule has 0 spiro atoms. The van der Waals surface area contributed by atoms with E-state index in [4.69, 9.17) is 9.84 Å². The number of rotatable bonds is 5. The molecule has 0 radical (unpaired) electrons. The molecule has 2 aromatic carbocycles. The molecule has 0 aliphatic heterocycles. The van der Waals surface area contributed by atoms with Gasteiger partial charge in [-0.3, -0.25) is 9.59 Å². The maximum absolute atomic E-state index is 12.4. The second-order valence-corrected chi connectivity index (χ2v) is 6.41. The molecule has 1 unspecified atom stereocenters. The Morgan fingerprint density at radius 2 is 1.83 bits per heavy atom. The monoisotopic (exact) mass is 327 g/mol. The van der Waals surface area contributed by atoms with Gasteiger partial charge in [-0.2, -0.15) is 0 Å². The van der Waals surface area contributed by atoms with Gasteiger partial charge in [-0.15, -0.1) is 0 Å². The van der Waals surface area contributed by atoms with Crippen LogP contribution >= 0.6 is 0 Å². The van der Waals surface area contributed by atoms with E-state index in [1.165, 1.54) is 0 Å². The van der Waals surface area contributed by atoms with Crippen LogP contribution in [-0.2, 0) is 9.59 Å². The highest BCUT2D eigenvalue weighted by Crippen LogP contribution is 2.29. The van der Waals surface area contributed by atoms with E-state index in [9.17, 15) is 9.59 Å². The predicted octanol–water partition coefficient (Wildman–Crippen LogP) is 2.93. The maximum atomic E-state index is 12.4. The summed E-state index contributed by atoms with van der Waals surface area (Å²) in [7, 11) is 1.64. The Morgan fingerprint density at radius 1 is 1.17 bits per heavy atom. The van der Waals surface area contributed by atoms with Gasteiger partial charge in [0.2, 0.25) is 5.91 Å². The first-order valence-electron chi connectivity index (χ1n) is 8.09. The van der Waals surface area contributed by atoms with Crippen LogP contribution in [0.15, 0.2) is 36.4 Å². The van der Waals surface area contributed by atoms with Crippen molar-refractivity contribution in [2.24, 2.45) is 5.92 Å². The van der Waals surface area contributed by atoms with E-state index in [0.717, 1.165) is 22.1 Å². The second kappa shape index (κ2) is 6.51. The summed E-state index contributed by atoms with van der Waals surface area (Å²) in [6.45, 7) is 1.87. The third-order valence-electron chi connectivity index (χ3n) is 4.80. The first kappa shape index (κ1) is 16.3. The van der Waals surface area contributed by atoms with Gasteiger partial charge >= 0.3 is 5.97 Å². The number of methoxy groups -OCH3 is 1. The van der Waals surface area contributed by atoms with Crippen LogP contribution < -0.4 is 10.1 Å². The fourth-order valence-corrected chi connectivity index (χ4v) is 3.05. The summed E-state index contributed by atoms with van der Waals surface area (Å²) in [5.74, 6) is -0.629. The lowest BCUT2D eigenvalue weighted by molar-refractivity contribution is -0.146. The average molecular weight is 327 g/mol. The fourth-order valence-electron chi connectivity index (χ4n) is 3.05. The van der Waals surface area contributed by atoms with Crippen molar-refractivity contribution >= 4 is 22.6 Å². The minimum Gasteiger partial charge on any atom is -0.497 e. The van der Waals surface area contributed by atoms with Gasteiger partial charge in [0.15, 0.2) is 0 Å². The zero-order valence-electron chi connectivity index (χ0n) is 13.8. The van der Waals surface area contributed by atoms with Gasteiger partial charge in [0.25, 0.3) is 0 Å². The Kier molecular flexibility index (Phi) is 4.42. The van der Waals surface area contributed by atoms with Gasteiger partial charge in [-0.05, 0) is 48.2 Å². The minimum absolute atomic E-state index is 0.0224. The fraction of sp³-hybridized carbons (Fsp3) is 0.368. The smallest absolute Gasteiger partial charge is 0.306 e. The van der Waals surface area contributed by atoms with Gasteiger partial charge in [-0.25, -0.2) is 0 Å². The molecule has 24 heavy (non-hydrogen) atoms. The first-order valence-corrected chi connectivity index (χ1v) is 8.09. The number of carboxylic acid groups (broad SMARTS) is 1. The zero-order chi connectivity index (χ0) is 17.3. The largest absolute Gasteiger partial charge is 0.497 e. The van der Waals surface area contributed by atoms with Crippen molar-refractivity contribution in [3.8, 4) is 5.75 Å². The number of benzene rings is 2. The molecule has 1 saturated carbocycles. The highest BCUT2D eigenvalue weighted by atomic mass is 16.5. The summed E-state index contributed by atoms with van der Waals surface area (Å²) in [4.78, 5) is 23.2. The van der Waals surface area contributed by atoms with Crippen molar-refractivity contribution in [3.05, 3.63) is 42.0 Å². The van der Waals surface area contributed by atoms with Crippen LogP contribution in [-0.4, -0.2) is 30.1 Å². The molecule has 1 fully saturated rings. The number of aliphatic carboxylic acids is 1. The number of nitrogens with one attached hydrogen (secondary N) is 1. The lowest BCUT2D eigenvalue weighted by atomic mass is 9.80. The van der Waals surface area contributed by atoms with Crippen molar-refractivity contribution < 1.29 is 19.4 Å². The third kappa shape index (κ3) is 3.20. The van der Waals surface area contributed by atoms with E-state index in [1.54, 1.807) is 7.11 Å². The number of carboxylic acids is 1. The Balaban J connectivity index is 1.68. The molecule has 5 nitrogen and oxygen atoms in total. The summed E-state index contributed by atoms with van der Waals surface area (Å²) in [6, 6.07) is 11.8. The van der Waals surface area contributed by atoms with Crippen LogP contribution in [0.2, 0.25) is 0 Å². The van der Waals surface area contributed by atoms with Crippen molar-refractivity contribution in [1.29, 1.82) is 0 Å². The summed E-state index contributed by atoms with van der Waals surface area (Å²) >= 11 is 0. The highest BCUT2D eigenvalue weighted by Gasteiger charge is 2.35. The molecule has 0 saturated heterocycles. The normalized spacial score (nSPS) is 20.9. The van der Waals surface area contributed by atoms with E-state index in [2.05, 4.69) is 5.32 Å². The number of carbonyl (C=O) groups is 2. The van der Waals surface area contributed by atoms with E-state index in [-0.39, 0.29) is 23.8 Å². The van der Waals surface area contributed by atoms with Crippen molar-refractivity contribution in [2.45, 2.75) is 31.7 Å². The van der Waals surface area contributed by atoms with Gasteiger partial charge in [0, 0.05) is 6.04 Å². The van der Waals surface area contributed by atoms with E-state index in [1.807, 2.05) is 43.3 Å². The number of carbonyl (C=O) groups excluding carboxylic acids is 1. The minimum atomic E-state index is -0.779. The second-order valence-electron chi connectivity index (χ2n) is 6.41. The summed E-state index contributed by atoms with van der Waals surface area (Å²) < 4.78 is 5.22. The number of hydrogen-bond donors (Lipinski definition) is 2. The lowest BCUT2D eigenvalue weighted by Gasteiger charge is -2.33. The Bertz CT molecular complexity index is 780. The molecule has 1 atom stereocenters. The predicted molar refractivity (Wildman–Crippen MR) is 91.2 cm³/mol. The van der Waals surface area contributed by atoms with E-state index < -0.39 is 5.97 Å². The van der Waals surface area contributed by atoms with Crippen LogP contribution in [0.5, 0.6) is 5.75 Å². The molecule has 1 aliphatic rings. The molecule has 1 aliphatic carbocycles. The van der Waals surface area contributed by atoms with Crippen LogP contribution in [0, 0.1) is 5.92 Å². The lowest BCUT2D eigenvalue weighted by Crippen LogP contribution is -2.47. The van der Waals surface area contributed by atoms with Crippen LogP contribution in [0.25, 0.3) is 10.8 Å². The molecular formula is C19H21NO4. The van der Waals surface area contributed by atoms with Gasteiger partial charge < -0.3 is 15.2 Å². The third-order valence-corrected chi connectivity index (χ3v) is 4.80. The molecule has 0 aromatic heterocycles. The molecule has 0 heterocycles. The first-order chi connectivity index (χ1) is 11.5. The highest BCUT2D eigenvalue weighted by molar-refractivity contribution is 5.88. The average Bonchev–Trinajstić information content (AvgIpc) is 2.55. The molecular weight excluding hydrogens is 306 g/mol. The molecule has 126 valence electrons. The number of ether oxygens (including phenoxy) is 1. The van der Waals surface area contributed by atoms with Crippen molar-refractivity contribution in [3.63, 3.8) is 0 Å². The van der Waals surface area contributed by atoms with Crippen LogP contribution in [0.4, 0.5) is 0 Å². The Morgan fingerprint density at radius 3 is 2.50 bits per heavy atom. The topological polar surface area (TPSA) is 75.6 Å². The molecule has 5 heteroatoms. The number of amides is 1. The molecule has 0 bridgehead atoms. The Hall–Kier alpha value is -2.56. The van der Waals surface area contributed by atoms with Gasteiger partial charge in [0.1, 0.15) is 5.75 Å². The van der Waals surface area contributed by atoms with Gasteiger partial charge in [-0.1, -0.05) is 24.3 Å². The van der Waals surface area contributed by atoms with E-state index >= 15 is 0 Å². The van der Waals surface area contributed by atoms with Crippen molar-refractivity contribution in [1.82, 2.24) is 5.32 Å². The standard InChI is InChI=1S/C19H21NO4/c1-11(18(21)20-16-8-15(9-16)19(22)23)12-3-4-14-10-17(24-2)6-5-13(14)7-12/h3-7,10-11,15-16H,8-9H2,1-2H3,(H,20,21)(H,22,23). The SMILES string of the molecule is COc1ccc2cc(C(C)C(=O)NC3CC(C(=O)O)C3)ccc2c1. The van der Waals surface area contributed by atoms with Crippen LogP contribution in [0.3, 0.4) is 0 Å². The quantitative estimate of drug-likeness (QED) is 0.885. The molecule has 2 aromatic rings. The maximum Gasteiger partial charge on any atom is 0.306 e. The van der Waals surface area contributed by atoms with Crippen molar-refractivity contribution in [2.75, 3.05) is 7.11 Å². The molecule has 1 amide bonds. The zero-order valence-corrected chi connectivity index (χ0v) is 13.8. The van der Waals surface area contributed by atoms with Gasteiger partial charge in [0.05, 0.1) is 18.9 Å². The summed E-state index contributed by atoms with van der Waals surface area (Å²) in [6.07, 6.45) is 1.04. The Labute approximate surface area is 140 Å². The van der Waals surface area contributed by atoms with E-state index in [0.29, 0.717) is 12.8 Å². The molecule has 3 rings (SSSR count). The molecule has 2 N–H and O–H groups in total.